The lowest BCUT2D eigenvalue weighted by molar-refractivity contribution is -0.150. The molecule has 0 bridgehead atoms. The number of aliphatic carboxylic acids is 1. The van der Waals surface area contributed by atoms with Crippen LogP contribution in [0.2, 0.25) is 0 Å². The number of carboxylic acid groups (broad SMARTS) is 1. The van der Waals surface area contributed by atoms with Gasteiger partial charge in [-0.3, -0.25) is 9.69 Å². The molecular formula is C16H20N2O3. The summed E-state index contributed by atoms with van der Waals surface area (Å²) < 4.78 is 0. The van der Waals surface area contributed by atoms with Crippen molar-refractivity contribution < 1.29 is 15.0 Å². The Bertz CT molecular complexity index is 679. The van der Waals surface area contributed by atoms with Gasteiger partial charge in [0.1, 0.15) is 0 Å². The van der Waals surface area contributed by atoms with E-state index in [1.165, 1.54) is 10.9 Å². The number of fused-ring (bicyclic) bond motifs is 1. The van der Waals surface area contributed by atoms with Crippen molar-refractivity contribution in [3.8, 4) is 0 Å². The van der Waals surface area contributed by atoms with Gasteiger partial charge >= 0.3 is 5.97 Å². The van der Waals surface area contributed by atoms with E-state index in [0.717, 1.165) is 11.1 Å². The highest BCUT2D eigenvalue weighted by Gasteiger charge is 2.38. The quantitative estimate of drug-likeness (QED) is 0.789. The van der Waals surface area contributed by atoms with Crippen LogP contribution in [0.25, 0.3) is 10.9 Å². The molecular weight excluding hydrogens is 268 g/mol. The molecule has 0 radical (unpaired) electrons. The number of aliphatic hydroxyl groups is 1. The van der Waals surface area contributed by atoms with Gasteiger partial charge in [0.05, 0.1) is 12.0 Å². The highest BCUT2D eigenvalue weighted by Crippen LogP contribution is 2.37. The predicted molar refractivity (Wildman–Crippen MR) is 80.2 cm³/mol. The molecule has 5 nitrogen and oxygen atoms in total. The lowest BCUT2D eigenvalue weighted by Gasteiger charge is -2.38. The molecule has 0 aliphatic carbocycles. The Morgan fingerprint density at radius 2 is 2.19 bits per heavy atom. The van der Waals surface area contributed by atoms with Gasteiger partial charge in [-0.1, -0.05) is 12.1 Å². The van der Waals surface area contributed by atoms with Gasteiger partial charge in [-0.05, 0) is 37.6 Å². The maximum absolute atomic E-state index is 11.2. The molecule has 2 aromatic rings. The number of nitrogens with one attached hydrogen (secondary N) is 1. The minimum atomic E-state index is -0.928. The second-order valence-corrected chi connectivity index (χ2v) is 5.94. The van der Waals surface area contributed by atoms with Crippen LogP contribution < -0.4 is 0 Å². The number of H-pyrrole nitrogens is 1. The number of aryl methyl sites for hydroxylation is 1. The van der Waals surface area contributed by atoms with Gasteiger partial charge in [-0.15, -0.1) is 0 Å². The number of hydrogen-bond acceptors (Lipinski definition) is 3. The van der Waals surface area contributed by atoms with E-state index in [9.17, 15) is 9.90 Å². The van der Waals surface area contributed by atoms with Crippen LogP contribution in [0.3, 0.4) is 0 Å². The number of piperidine rings is 1. The van der Waals surface area contributed by atoms with E-state index >= 15 is 0 Å². The van der Waals surface area contributed by atoms with Gasteiger partial charge in [0, 0.05) is 29.7 Å². The Hall–Kier alpha value is -1.85. The zero-order chi connectivity index (χ0) is 15.1. The van der Waals surface area contributed by atoms with Gasteiger partial charge < -0.3 is 15.2 Å². The molecule has 3 rings (SSSR count). The molecule has 1 aromatic carbocycles. The number of carboxylic acids is 1. The molecule has 1 aromatic heterocycles. The first-order chi connectivity index (χ1) is 9.99. The molecule has 1 saturated heterocycles. The van der Waals surface area contributed by atoms with Crippen molar-refractivity contribution in [2.24, 2.45) is 5.92 Å². The fourth-order valence-corrected chi connectivity index (χ4v) is 3.40. The van der Waals surface area contributed by atoms with Gasteiger partial charge in [-0.2, -0.15) is 0 Å². The molecule has 1 aliphatic rings. The van der Waals surface area contributed by atoms with Crippen molar-refractivity contribution in [2.75, 3.05) is 13.6 Å². The molecule has 112 valence electrons. The summed E-state index contributed by atoms with van der Waals surface area (Å²) in [5, 5.41) is 20.5. The predicted octanol–water partition coefficient (Wildman–Crippen LogP) is 1.91. The van der Waals surface area contributed by atoms with E-state index in [2.05, 4.69) is 18.0 Å². The molecule has 5 heteroatoms. The second kappa shape index (κ2) is 5.16. The Balaban J connectivity index is 1.98. The summed E-state index contributed by atoms with van der Waals surface area (Å²) in [4.78, 5) is 16.5. The molecule has 3 N–H and O–H groups in total. The zero-order valence-corrected chi connectivity index (χ0v) is 12.2. The molecule has 3 atom stereocenters. The molecule has 0 saturated carbocycles. The SMILES string of the molecule is Cc1cccc2[nH]cc(C3CC(O)C(C(=O)O)CN3C)c12. The molecule has 3 unspecified atom stereocenters. The maximum Gasteiger partial charge on any atom is 0.310 e. The van der Waals surface area contributed by atoms with E-state index < -0.39 is 18.0 Å². The normalized spacial score (nSPS) is 27.1. The highest BCUT2D eigenvalue weighted by molar-refractivity contribution is 5.87. The smallest absolute Gasteiger partial charge is 0.310 e. The van der Waals surface area contributed by atoms with Crippen molar-refractivity contribution in [1.82, 2.24) is 9.88 Å². The summed E-state index contributed by atoms with van der Waals surface area (Å²) in [6, 6.07) is 6.15. The first-order valence-corrected chi connectivity index (χ1v) is 7.16. The summed E-state index contributed by atoms with van der Waals surface area (Å²) in [5.41, 5.74) is 3.40. The zero-order valence-electron chi connectivity index (χ0n) is 12.2. The lowest BCUT2D eigenvalue weighted by atomic mass is 9.86. The number of carbonyl (C=O) groups is 1. The topological polar surface area (TPSA) is 76.6 Å². The van der Waals surface area contributed by atoms with E-state index in [1.807, 2.05) is 30.3 Å². The largest absolute Gasteiger partial charge is 0.481 e. The summed E-state index contributed by atoms with van der Waals surface area (Å²) in [5.74, 6) is -1.64. The number of hydrogen-bond donors (Lipinski definition) is 3. The van der Waals surface area contributed by atoms with Gasteiger partial charge in [0.15, 0.2) is 0 Å². The minimum Gasteiger partial charge on any atom is -0.481 e. The van der Waals surface area contributed by atoms with Crippen LogP contribution in [-0.2, 0) is 4.79 Å². The number of aliphatic hydroxyl groups excluding tert-OH is 1. The van der Waals surface area contributed by atoms with Gasteiger partial charge in [-0.25, -0.2) is 0 Å². The fourth-order valence-electron chi connectivity index (χ4n) is 3.40. The number of aromatic amines is 1. The number of benzene rings is 1. The lowest BCUT2D eigenvalue weighted by Crippen LogP contribution is -2.46. The van der Waals surface area contributed by atoms with E-state index in [4.69, 9.17) is 5.11 Å². The third-order valence-corrected chi connectivity index (χ3v) is 4.57. The Morgan fingerprint density at radius 3 is 2.90 bits per heavy atom. The fraction of sp³-hybridized carbons (Fsp3) is 0.438. The number of nitrogens with zero attached hydrogens (tertiary/aromatic N) is 1. The average Bonchev–Trinajstić information content (AvgIpc) is 2.86. The monoisotopic (exact) mass is 288 g/mol. The van der Waals surface area contributed by atoms with E-state index in [0.29, 0.717) is 13.0 Å². The molecule has 2 heterocycles. The summed E-state index contributed by atoms with van der Waals surface area (Å²) in [6.45, 7) is 2.43. The molecule has 1 aliphatic heterocycles. The first-order valence-electron chi connectivity index (χ1n) is 7.16. The Labute approximate surface area is 123 Å². The Morgan fingerprint density at radius 1 is 1.43 bits per heavy atom. The molecule has 0 amide bonds. The van der Waals surface area contributed by atoms with Crippen molar-refractivity contribution >= 4 is 16.9 Å². The van der Waals surface area contributed by atoms with Crippen LogP contribution in [-0.4, -0.2) is 45.8 Å². The number of rotatable bonds is 2. The van der Waals surface area contributed by atoms with Crippen molar-refractivity contribution in [1.29, 1.82) is 0 Å². The number of likely N-dealkylation sites (tertiary alicyclic amines) is 1. The van der Waals surface area contributed by atoms with Crippen LogP contribution in [0.4, 0.5) is 0 Å². The van der Waals surface area contributed by atoms with Crippen molar-refractivity contribution in [3.05, 3.63) is 35.5 Å². The van der Waals surface area contributed by atoms with Crippen LogP contribution in [0.1, 0.15) is 23.6 Å². The highest BCUT2D eigenvalue weighted by atomic mass is 16.4. The molecule has 1 fully saturated rings. The summed E-state index contributed by atoms with van der Waals surface area (Å²) in [6.07, 6.45) is 1.61. The van der Waals surface area contributed by atoms with Gasteiger partial charge in [0.25, 0.3) is 0 Å². The summed E-state index contributed by atoms with van der Waals surface area (Å²) >= 11 is 0. The standard InChI is InChI=1S/C16H20N2O3/c1-9-4-3-5-12-15(9)10(7-17-12)13-6-14(19)11(16(20)21)8-18(13)2/h3-5,7,11,13-14,17,19H,6,8H2,1-2H3,(H,20,21). The van der Waals surface area contributed by atoms with Crippen LogP contribution in [0, 0.1) is 12.8 Å². The third kappa shape index (κ3) is 2.32. The van der Waals surface area contributed by atoms with Crippen molar-refractivity contribution in [3.63, 3.8) is 0 Å². The minimum absolute atomic E-state index is 0.0328. The Kier molecular flexibility index (Phi) is 3.47. The van der Waals surface area contributed by atoms with Gasteiger partial charge in [0.2, 0.25) is 0 Å². The molecule has 0 spiro atoms. The maximum atomic E-state index is 11.2. The van der Waals surface area contributed by atoms with E-state index in [-0.39, 0.29) is 6.04 Å². The van der Waals surface area contributed by atoms with E-state index in [1.54, 1.807) is 0 Å². The van der Waals surface area contributed by atoms with Crippen LogP contribution >= 0.6 is 0 Å². The first kappa shape index (κ1) is 14.1. The second-order valence-electron chi connectivity index (χ2n) is 5.94. The third-order valence-electron chi connectivity index (χ3n) is 4.57. The van der Waals surface area contributed by atoms with Crippen LogP contribution in [0.5, 0.6) is 0 Å². The number of aromatic nitrogens is 1. The van der Waals surface area contributed by atoms with Crippen LogP contribution in [0.15, 0.2) is 24.4 Å². The molecule has 21 heavy (non-hydrogen) atoms. The van der Waals surface area contributed by atoms with Crippen molar-refractivity contribution in [2.45, 2.75) is 25.5 Å². The summed E-state index contributed by atoms with van der Waals surface area (Å²) in [7, 11) is 1.92. The average molecular weight is 288 g/mol.